The molecular formula is C31H38ClN3O4S. The minimum absolute atomic E-state index is 0.161. The minimum atomic E-state index is -3.55. The summed E-state index contributed by atoms with van der Waals surface area (Å²) in [6.07, 6.45) is 2.77. The summed E-state index contributed by atoms with van der Waals surface area (Å²) in [5.74, 6) is -0.344. The van der Waals surface area contributed by atoms with Crippen LogP contribution < -0.4 is 10.0 Å². The van der Waals surface area contributed by atoms with Crippen molar-refractivity contribution in [2.75, 3.05) is 13.1 Å². The highest BCUT2D eigenvalue weighted by molar-refractivity contribution is 7.89. The second kappa shape index (κ2) is 15.6. The number of carbonyl (C=O) groups is 2. The molecule has 2 amide bonds. The number of benzene rings is 3. The van der Waals surface area contributed by atoms with E-state index in [-0.39, 0.29) is 29.7 Å². The third-order valence-electron chi connectivity index (χ3n) is 6.56. The van der Waals surface area contributed by atoms with Crippen molar-refractivity contribution in [2.24, 2.45) is 0 Å². The van der Waals surface area contributed by atoms with E-state index in [1.807, 2.05) is 42.5 Å². The van der Waals surface area contributed by atoms with Gasteiger partial charge in [0.05, 0.1) is 4.90 Å². The molecule has 1 atom stereocenters. The van der Waals surface area contributed by atoms with Gasteiger partial charge in [0.25, 0.3) is 0 Å². The molecule has 0 bridgehead atoms. The second-order valence-corrected chi connectivity index (χ2v) is 11.8. The standard InChI is InChI=1S/C31H38ClN3O4S/c1-3-5-21-33-31(37)29(22-25-9-7-6-8-10-25)35(23-26-11-16-27(32)17-12-26)30(36)20-15-24-13-18-28(19-14-24)40(38,39)34-4-2/h6-14,16-19,29,34H,3-5,15,20-23H2,1-2H3,(H,33,37)/t29-/m1/s1. The van der Waals surface area contributed by atoms with Crippen LogP contribution in [0.25, 0.3) is 0 Å². The van der Waals surface area contributed by atoms with Gasteiger partial charge in [0.1, 0.15) is 6.04 Å². The van der Waals surface area contributed by atoms with Gasteiger partial charge >= 0.3 is 0 Å². The molecule has 0 aromatic heterocycles. The molecule has 0 aliphatic heterocycles. The van der Waals surface area contributed by atoms with Gasteiger partial charge in [0, 0.05) is 37.5 Å². The van der Waals surface area contributed by atoms with Gasteiger partial charge in [0.15, 0.2) is 0 Å². The highest BCUT2D eigenvalue weighted by Gasteiger charge is 2.30. The Morgan fingerprint density at radius 3 is 2.15 bits per heavy atom. The Kier molecular flexibility index (Phi) is 12.2. The summed E-state index contributed by atoms with van der Waals surface area (Å²) in [7, 11) is -3.55. The number of hydrogen-bond donors (Lipinski definition) is 2. The fourth-order valence-electron chi connectivity index (χ4n) is 4.35. The van der Waals surface area contributed by atoms with Crippen LogP contribution in [0.5, 0.6) is 0 Å². The van der Waals surface area contributed by atoms with Crippen LogP contribution >= 0.6 is 11.6 Å². The Labute approximate surface area is 243 Å². The number of aryl methyl sites for hydroxylation is 1. The van der Waals surface area contributed by atoms with E-state index in [0.717, 1.165) is 29.5 Å². The third kappa shape index (κ3) is 9.47. The van der Waals surface area contributed by atoms with Crippen molar-refractivity contribution < 1.29 is 18.0 Å². The van der Waals surface area contributed by atoms with Crippen molar-refractivity contribution >= 4 is 33.4 Å². The monoisotopic (exact) mass is 583 g/mol. The summed E-state index contributed by atoms with van der Waals surface area (Å²) >= 11 is 6.09. The van der Waals surface area contributed by atoms with Crippen molar-refractivity contribution in [1.82, 2.24) is 14.9 Å². The van der Waals surface area contributed by atoms with Crippen LogP contribution in [0.3, 0.4) is 0 Å². The fourth-order valence-corrected chi connectivity index (χ4v) is 5.52. The van der Waals surface area contributed by atoms with E-state index in [0.29, 0.717) is 31.0 Å². The molecule has 0 radical (unpaired) electrons. The minimum Gasteiger partial charge on any atom is -0.354 e. The van der Waals surface area contributed by atoms with Crippen LogP contribution in [0.4, 0.5) is 0 Å². The fraction of sp³-hybridized carbons (Fsp3) is 0.355. The molecular weight excluding hydrogens is 546 g/mol. The van der Waals surface area contributed by atoms with Crippen LogP contribution in [0.2, 0.25) is 5.02 Å². The lowest BCUT2D eigenvalue weighted by molar-refractivity contribution is -0.141. The Balaban J connectivity index is 1.85. The Morgan fingerprint density at radius 1 is 0.875 bits per heavy atom. The molecule has 40 heavy (non-hydrogen) atoms. The number of halogens is 1. The first-order chi connectivity index (χ1) is 19.2. The molecule has 0 heterocycles. The molecule has 0 saturated heterocycles. The van der Waals surface area contributed by atoms with Crippen molar-refractivity contribution in [3.8, 4) is 0 Å². The second-order valence-electron chi connectivity index (χ2n) is 9.64. The Bertz CT molecular complexity index is 1330. The lowest BCUT2D eigenvalue weighted by Crippen LogP contribution is -2.50. The number of nitrogens with one attached hydrogen (secondary N) is 2. The van der Waals surface area contributed by atoms with Gasteiger partial charge in [-0.2, -0.15) is 0 Å². The number of unbranched alkanes of at least 4 members (excludes halogenated alkanes) is 1. The van der Waals surface area contributed by atoms with E-state index in [1.165, 1.54) is 0 Å². The molecule has 0 aliphatic rings. The van der Waals surface area contributed by atoms with Crippen molar-refractivity contribution in [3.63, 3.8) is 0 Å². The zero-order chi connectivity index (χ0) is 29.0. The average Bonchev–Trinajstić information content (AvgIpc) is 2.95. The molecule has 214 valence electrons. The highest BCUT2D eigenvalue weighted by Crippen LogP contribution is 2.19. The summed E-state index contributed by atoms with van der Waals surface area (Å²) in [6, 6.07) is 22.8. The molecule has 0 aliphatic carbocycles. The maximum absolute atomic E-state index is 13.8. The van der Waals surface area contributed by atoms with Crippen LogP contribution in [0.15, 0.2) is 83.8 Å². The van der Waals surface area contributed by atoms with Crippen LogP contribution in [0, 0.1) is 0 Å². The molecule has 2 N–H and O–H groups in total. The van der Waals surface area contributed by atoms with Crippen molar-refractivity contribution in [2.45, 2.75) is 63.4 Å². The molecule has 7 nitrogen and oxygen atoms in total. The molecule has 3 rings (SSSR count). The average molecular weight is 584 g/mol. The zero-order valence-corrected chi connectivity index (χ0v) is 24.7. The maximum atomic E-state index is 13.8. The number of rotatable bonds is 15. The van der Waals surface area contributed by atoms with E-state index in [9.17, 15) is 18.0 Å². The SMILES string of the molecule is CCCCNC(=O)[C@@H](Cc1ccccc1)N(Cc1ccc(Cl)cc1)C(=O)CCc1ccc(S(=O)(=O)NCC)cc1. The molecule has 0 unspecified atom stereocenters. The van der Waals surface area contributed by atoms with Crippen molar-refractivity contribution in [1.29, 1.82) is 0 Å². The van der Waals surface area contributed by atoms with Crippen molar-refractivity contribution in [3.05, 3.63) is 101 Å². The normalized spacial score (nSPS) is 12.1. The molecule has 3 aromatic rings. The summed E-state index contributed by atoms with van der Waals surface area (Å²) in [6.45, 7) is 4.90. The predicted molar refractivity (Wildman–Crippen MR) is 159 cm³/mol. The lowest BCUT2D eigenvalue weighted by Gasteiger charge is -2.31. The Morgan fingerprint density at radius 2 is 1.52 bits per heavy atom. The van der Waals surface area contributed by atoms with Gasteiger partial charge in [-0.3, -0.25) is 9.59 Å². The number of amides is 2. The van der Waals surface area contributed by atoms with E-state index in [4.69, 9.17) is 11.6 Å². The number of sulfonamides is 1. The number of carbonyl (C=O) groups excluding carboxylic acids is 2. The topological polar surface area (TPSA) is 95.6 Å². The number of hydrogen-bond acceptors (Lipinski definition) is 4. The van der Waals surface area contributed by atoms with Gasteiger partial charge < -0.3 is 10.2 Å². The van der Waals surface area contributed by atoms with E-state index in [2.05, 4.69) is 17.0 Å². The first-order valence-corrected chi connectivity index (χ1v) is 15.5. The molecule has 3 aromatic carbocycles. The largest absolute Gasteiger partial charge is 0.354 e. The highest BCUT2D eigenvalue weighted by atomic mass is 35.5. The smallest absolute Gasteiger partial charge is 0.243 e. The maximum Gasteiger partial charge on any atom is 0.243 e. The quantitative estimate of drug-likeness (QED) is 0.243. The van der Waals surface area contributed by atoms with Gasteiger partial charge in [-0.15, -0.1) is 0 Å². The molecule has 0 spiro atoms. The lowest BCUT2D eigenvalue weighted by atomic mass is 10.0. The molecule has 0 fully saturated rings. The zero-order valence-electron chi connectivity index (χ0n) is 23.1. The van der Waals surface area contributed by atoms with Gasteiger partial charge in [-0.1, -0.05) is 86.5 Å². The third-order valence-corrected chi connectivity index (χ3v) is 8.38. The van der Waals surface area contributed by atoms with E-state index in [1.54, 1.807) is 48.2 Å². The molecule has 0 saturated carbocycles. The number of nitrogens with zero attached hydrogens (tertiary/aromatic N) is 1. The Hall–Kier alpha value is -3.20. The van der Waals surface area contributed by atoms with Crippen LogP contribution in [0.1, 0.15) is 49.8 Å². The van der Waals surface area contributed by atoms with Gasteiger partial charge in [0.2, 0.25) is 21.8 Å². The van der Waals surface area contributed by atoms with Crippen LogP contribution in [-0.2, 0) is 39.0 Å². The van der Waals surface area contributed by atoms with E-state index < -0.39 is 16.1 Å². The van der Waals surface area contributed by atoms with Crippen LogP contribution in [-0.4, -0.2) is 44.3 Å². The molecule has 9 heteroatoms. The summed E-state index contributed by atoms with van der Waals surface area (Å²) in [4.78, 5) is 29.1. The first kappa shape index (κ1) is 31.3. The summed E-state index contributed by atoms with van der Waals surface area (Å²) in [5, 5.41) is 3.62. The first-order valence-electron chi connectivity index (χ1n) is 13.7. The van der Waals surface area contributed by atoms with E-state index >= 15 is 0 Å². The summed E-state index contributed by atoms with van der Waals surface area (Å²) < 4.78 is 27.0. The predicted octanol–water partition coefficient (Wildman–Crippen LogP) is 5.13. The summed E-state index contributed by atoms with van der Waals surface area (Å²) in [5.41, 5.74) is 2.67. The van der Waals surface area contributed by atoms with Gasteiger partial charge in [-0.25, -0.2) is 13.1 Å². The van der Waals surface area contributed by atoms with Gasteiger partial charge in [-0.05, 0) is 53.8 Å².